The first kappa shape index (κ1) is 9.96. The summed E-state index contributed by atoms with van der Waals surface area (Å²) in [6, 6.07) is 0. The van der Waals surface area contributed by atoms with E-state index < -0.39 is 0 Å². The molecule has 0 aromatic carbocycles. The van der Waals surface area contributed by atoms with Gasteiger partial charge < -0.3 is 0 Å². The smallest absolute Gasteiger partial charge is 0.0376 e. The molecule has 0 saturated heterocycles. The van der Waals surface area contributed by atoms with Gasteiger partial charge in [0.15, 0.2) is 0 Å². The van der Waals surface area contributed by atoms with Gasteiger partial charge >= 0.3 is 0 Å². The van der Waals surface area contributed by atoms with E-state index >= 15 is 0 Å². The molecule has 0 radical (unpaired) electrons. The normalized spacial score (nSPS) is 13.3. The highest BCUT2D eigenvalue weighted by Gasteiger charge is 1.62. The lowest BCUT2D eigenvalue weighted by Gasteiger charge is -1.74. The summed E-state index contributed by atoms with van der Waals surface area (Å²) in [5.74, 6) is 0. The standard InChI is InChI=1S/C11H16/c1-3-5-7-9-11-10-8-6-4-2/h3,5-11H,4H2,1-2H3/b5-3+,8-6+,9-7-,11-10-. The maximum absolute atomic E-state index is 2.12. The molecule has 60 valence electrons. The highest BCUT2D eigenvalue weighted by molar-refractivity contribution is 5.14. The van der Waals surface area contributed by atoms with E-state index in [1.54, 1.807) is 0 Å². The fourth-order valence-electron chi connectivity index (χ4n) is 0.582. The third-order valence-electron chi connectivity index (χ3n) is 1.12. The Hall–Kier alpha value is -1.04. The summed E-state index contributed by atoms with van der Waals surface area (Å²) in [6.07, 6.45) is 17.4. The maximum Gasteiger partial charge on any atom is -0.0376 e. The molecule has 11 heavy (non-hydrogen) atoms. The van der Waals surface area contributed by atoms with Crippen LogP contribution in [0.4, 0.5) is 0 Å². The molecule has 0 spiro atoms. The van der Waals surface area contributed by atoms with Gasteiger partial charge in [-0.15, -0.1) is 0 Å². The van der Waals surface area contributed by atoms with E-state index in [9.17, 15) is 0 Å². The van der Waals surface area contributed by atoms with Crippen LogP contribution in [0.3, 0.4) is 0 Å². The van der Waals surface area contributed by atoms with Crippen molar-refractivity contribution in [2.75, 3.05) is 0 Å². The molecule has 0 nitrogen and oxygen atoms in total. The maximum atomic E-state index is 2.12. The van der Waals surface area contributed by atoms with Gasteiger partial charge in [0.25, 0.3) is 0 Å². The minimum absolute atomic E-state index is 1.10. The van der Waals surface area contributed by atoms with Crippen molar-refractivity contribution in [2.24, 2.45) is 0 Å². The van der Waals surface area contributed by atoms with E-state index in [4.69, 9.17) is 0 Å². The lowest BCUT2D eigenvalue weighted by Crippen LogP contribution is -1.52. The van der Waals surface area contributed by atoms with Crippen molar-refractivity contribution in [3.63, 3.8) is 0 Å². The molecular formula is C11H16. The van der Waals surface area contributed by atoms with Gasteiger partial charge in [-0.25, -0.2) is 0 Å². The van der Waals surface area contributed by atoms with Crippen LogP contribution in [0.2, 0.25) is 0 Å². The Labute approximate surface area is 69.6 Å². The minimum Gasteiger partial charge on any atom is -0.0877 e. The zero-order chi connectivity index (χ0) is 8.36. The predicted octanol–water partition coefficient (Wildman–Crippen LogP) is 3.64. The molecule has 0 rings (SSSR count). The molecule has 0 N–H and O–H groups in total. The summed E-state index contributed by atoms with van der Waals surface area (Å²) in [6.45, 7) is 4.13. The van der Waals surface area contributed by atoms with Crippen LogP contribution in [0.15, 0.2) is 48.6 Å². The molecule has 0 aliphatic rings. The minimum atomic E-state index is 1.10. The predicted molar refractivity (Wildman–Crippen MR) is 52.5 cm³/mol. The van der Waals surface area contributed by atoms with Crippen molar-refractivity contribution in [1.29, 1.82) is 0 Å². The fraction of sp³-hybridized carbons (Fsp3) is 0.273. The summed E-state index contributed by atoms with van der Waals surface area (Å²) in [4.78, 5) is 0. The van der Waals surface area contributed by atoms with E-state index in [1.165, 1.54) is 0 Å². The zero-order valence-electron chi connectivity index (χ0n) is 7.33. The number of hydrogen-bond donors (Lipinski definition) is 0. The zero-order valence-corrected chi connectivity index (χ0v) is 7.33. The van der Waals surface area contributed by atoms with Crippen molar-refractivity contribution in [3.05, 3.63) is 48.6 Å². The largest absolute Gasteiger partial charge is 0.0877 e. The van der Waals surface area contributed by atoms with Crippen molar-refractivity contribution in [1.82, 2.24) is 0 Å². The van der Waals surface area contributed by atoms with Crippen LogP contribution >= 0.6 is 0 Å². The average Bonchev–Trinajstić information content (AvgIpc) is 2.03. The third-order valence-corrected chi connectivity index (χ3v) is 1.12. The van der Waals surface area contributed by atoms with Crippen LogP contribution in [0, 0.1) is 0 Å². The SMILES string of the molecule is C/C=C/C=C\C=C/C=C/CC. The first-order chi connectivity index (χ1) is 5.41. The van der Waals surface area contributed by atoms with Crippen LogP contribution in [0.1, 0.15) is 20.3 Å². The second-order valence-corrected chi connectivity index (χ2v) is 2.13. The molecule has 0 amide bonds. The highest BCUT2D eigenvalue weighted by atomic mass is 13.7. The molecule has 0 aromatic heterocycles. The second-order valence-electron chi connectivity index (χ2n) is 2.13. The Balaban J connectivity index is 3.51. The first-order valence-electron chi connectivity index (χ1n) is 4.03. The second kappa shape index (κ2) is 8.96. The molecule has 0 aromatic rings. The highest BCUT2D eigenvalue weighted by Crippen LogP contribution is 1.83. The molecule has 0 unspecified atom stereocenters. The van der Waals surface area contributed by atoms with Crippen molar-refractivity contribution < 1.29 is 0 Å². The quantitative estimate of drug-likeness (QED) is 0.534. The molecule has 0 aliphatic heterocycles. The van der Waals surface area contributed by atoms with Gasteiger partial charge in [-0.1, -0.05) is 55.5 Å². The van der Waals surface area contributed by atoms with E-state index in [-0.39, 0.29) is 0 Å². The van der Waals surface area contributed by atoms with Gasteiger partial charge in [0, 0.05) is 0 Å². The topological polar surface area (TPSA) is 0 Å². The number of allylic oxidation sites excluding steroid dienone is 8. The Kier molecular flexibility index (Phi) is 8.11. The molecule has 0 aliphatic carbocycles. The van der Waals surface area contributed by atoms with Crippen molar-refractivity contribution >= 4 is 0 Å². The number of hydrogen-bond acceptors (Lipinski definition) is 0. The summed E-state index contributed by atoms with van der Waals surface area (Å²) in [7, 11) is 0. The van der Waals surface area contributed by atoms with Crippen LogP contribution in [0.25, 0.3) is 0 Å². The summed E-state index contributed by atoms with van der Waals surface area (Å²) >= 11 is 0. The monoisotopic (exact) mass is 148 g/mol. The van der Waals surface area contributed by atoms with Gasteiger partial charge in [-0.05, 0) is 13.3 Å². The first-order valence-corrected chi connectivity index (χ1v) is 4.03. The van der Waals surface area contributed by atoms with E-state index in [1.807, 2.05) is 43.4 Å². The Bertz CT molecular complexity index is 168. The van der Waals surface area contributed by atoms with Crippen molar-refractivity contribution in [3.8, 4) is 0 Å². The number of rotatable bonds is 4. The summed E-state index contributed by atoms with van der Waals surface area (Å²) in [5, 5.41) is 0. The fourth-order valence-corrected chi connectivity index (χ4v) is 0.582. The van der Waals surface area contributed by atoms with Gasteiger partial charge in [0.1, 0.15) is 0 Å². The molecule has 0 atom stereocenters. The third kappa shape index (κ3) is 8.96. The Morgan fingerprint density at radius 2 is 1.36 bits per heavy atom. The summed E-state index contributed by atoms with van der Waals surface area (Å²) < 4.78 is 0. The van der Waals surface area contributed by atoms with Crippen LogP contribution in [-0.4, -0.2) is 0 Å². The molecule has 0 heterocycles. The van der Waals surface area contributed by atoms with Gasteiger partial charge in [0.2, 0.25) is 0 Å². The molecule has 0 bridgehead atoms. The molecule has 0 saturated carbocycles. The summed E-state index contributed by atoms with van der Waals surface area (Å²) in [5.41, 5.74) is 0. The van der Waals surface area contributed by atoms with Gasteiger partial charge in [-0.3, -0.25) is 0 Å². The van der Waals surface area contributed by atoms with Crippen LogP contribution < -0.4 is 0 Å². The van der Waals surface area contributed by atoms with E-state index in [0.717, 1.165) is 6.42 Å². The van der Waals surface area contributed by atoms with Gasteiger partial charge in [0.05, 0.1) is 0 Å². The van der Waals surface area contributed by atoms with Crippen LogP contribution in [-0.2, 0) is 0 Å². The van der Waals surface area contributed by atoms with Gasteiger partial charge in [-0.2, -0.15) is 0 Å². The molecule has 0 heteroatoms. The van der Waals surface area contributed by atoms with Crippen LogP contribution in [0.5, 0.6) is 0 Å². The van der Waals surface area contributed by atoms with E-state index in [0.29, 0.717) is 0 Å². The van der Waals surface area contributed by atoms with Crippen molar-refractivity contribution in [2.45, 2.75) is 20.3 Å². The molecular weight excluding hydrogens is 132 g/mol. The molecule has 0 fully saturated rings. The average molecular weight is 148 g/mol. The lowest BCUT2D eigenvalue weighted by molar-refractivity contribution is 1.22. The Morgan fingerprint density at radius 3 is 1.91 bits per heavy atom. The van der Waals surface area contributed by atoms with E-state index in [2.05, 4.69) is 19.1 Å². The Morgan fingerprint density at radius 1 is 0.818 bits per heavy atom. The lowest BCUT2D eigenvalue weighted by atomic mass is 10.3.